The van der Waals surface area contributed by atoms with Crippen LogP contribution < -0.4 is 5.32 Å². The number of piperidine rings is 1. The number of benzene rings is 2. The largest absolute Gasteiger partial charge is 0.425 e. The third-order valence-electron chi connectivity index (χ3n) is 7.35. The minimum Gasteiger partial charge on any atom is -0.425 e. The van der Waals surface area contributed by atoms with E-state index in [-0.39, 0.29) is 29.1 Å². The molecular weight excluding hydrogens is 543 g/mol. The molecule has 5 rings (SSSR count). The molecule has 1 aliphatic heterocycles. The van der Waals surface area contributed by atoms with Crippen molar-refractivity contribution in [1.29, 1.82) is 0 Å². The van der Waals surface area contributed by atoms with Gasteiger partial charge in [-0.15, -0.1) is 10.2 Å². The first kappa shape index (κ1) is 29.0. The summed E-state index contributed by atoms with van der Waals surface area (Å²) < 4.78 is 21.3. The summed E-state index contributed by atoms with van der Waals surface area (Å²) in [7, 11) is 0. The third-order valence-corrected chi connectivity index (χ3v) is 7.72. The summed E-state index contributed by atoms with van der Waals surface area (Å²) in [6.45, 7) is 12.5. The Bertz CT molecular complexity index is 1510. The Balaban J connectivity index is 1.29. The number of aromatic nitrogens is 4. The van der Waals surface area contributed by atoms with Crippen molar-refractivity contribution in [3.63, 3.8) is 0 Å². The zero-order valence-electron chi connectivity index (χ0n) is 24.1. The molecule has 1 N–H and O–H groups in total. The van der Waals surface area contributed by atoms with Crippen molar-refractivity contribution in [2.45, 2.75) is 71.4 Å². The van der Waals surface area contributed by atoms with Crippen LogP contribution >= 0.6 is 11.6 Å². The van der Waals surface area contributed by atoms with E-state index in [9.17, 15) is 9.18 Å². The zero-order valence-corrected chi connectivity index (χ0v) is 24.9. The molecule has 0 radical (unpaired) electrons. The highest BCUT2D eigenvalue weighted by atomic mass is 35.5. The van der Waals surface area contributed by atoms with Crippen LogP contribution in [0, 0.1) is 5.82 Å². The van der Waals surface area contributed by atoms with Gasteiger partial charge in [0.05, 0.1) is 23.0 Å². The van der Waals surface area contributed by atoms with Gasteiger partial charge in [0, 0.05) is 34.7 Å². The summed E-state index contributed by atoms with van der Waals surface area (Å²) in [6.07, 6.45) is 3.42. The van der Waals surface area contributed by atoms with Crippen molar-refractivity contribution in [2.75, 3.05) is 18.4 Å². The Kier molecular flexibility index (Phi) is 8.29. The van der Waals surface area contributed by atoms with Gasteiger partial charge in [-0.2, -0.15) is 5.10 Å². The van der Waals surface area contributed by atoms with Crippen molar-refractivity contribution >= 4 is 23.2 Å². The predicted octanol–water partition coefficient (Wildman–Crippen LogP) is 7.24. The second kappa shape index (κ2) is 11.7. The summed E-state index contributed by atoms with van der Waals surface area (Å²) in [5.74, 6) is 1.25. The maximum Gasteiger partial charge on any atom is 0.259 e. The van der Waals surface area contributed by atoms with Crippen molar-refractivity contribution in [1.82, 2.24) is 24.9 Å². The molecule has 2 aromatic heterocycles. The minimum atomic E-state index is -0.386. The molecule has 3 heterocycles. The lowest BCUT2D eigenvalue weighted by atomic mass is 9.96. The lowest BCUT2D eigenvalue weighted by Gasteiger charge is -2.30. The summed E-state index contributed by atoms with van der Waals surface area (Å²) >= 11 is 6.58. The lowest BCUT2D eigenvalue weighted by molar-refractivity contribution is 0.102. The zero-order chi connectivity index (χ0) is 29.3. The number of nitrogens with zero attached hydrogens (tertiary/aromatic N) is 5. The molecule has 10 heteroatoms. The molecule has 1 saturated heterocycles. The van der Waals surface area contributed by atoms with E-state index in [1.807, 2.05) is 46.8 Å². The van der Waals surface area contributed by atoms with Gasteiger partial charge in [-0.25, -0.2) is 4.39 Å². The van der Waals surface area contributed by atoms with Gasteiger partial charge >= 0.3 is 0 Å². The highest BCUT2D eigenvalue weighted by molar-refractivity contribution is 6.31. The first-order valence-corrected chi connectivity index (χ1v) is 14.4. The number of hydrogen-bond acceptors (Lipinski definition) is 6. The molecular formula is C31H36ClFN6O2. The fraction of sp³-hybridized carbons (Fsp3) is 0.419. The number of halogens is 2. The first-order chi connectivity index (χ1) is 19.5. The van der Waals surface area contributed by atoms with Crippen LogP contribution in [0.5, 0.6) is 0 Å². The second-order valence-corrected chi connectivity index (χ2v) is 12.3. The van der Waals surface area contributed by atoms with E-state index in [2.05, 4.69) is 25.5 Å². The summed E-state index contributed by atoms with van der Waals surface area (Å²) in [5, 5.41) is 16.6. The Morgan fingerprint density at radius 2 is 1.83 bits per heavy atom. The van der Waals surface area contributed by atoms with Gasteiger partial charge in [0.1, 0.15) is 5.82 Å². The van der Waals surface area contributed by atoms with Gasteiger partial charge in [-0.1, -0.05) is 25.4 Å². The third kappa shape index (κ3) is 6.52. The molecule has 0 atom stereocenters. The van der Waals surface area contributed by atoms with Gasteiger partial charge in [0.15, 0.2) is 0 Å². The van der Waals surface area contributed by atoms with E-state index >= 15 is 0 Å². The van der Waals surface area contributed by atoms with Crippen LogP contribution in [0.15, 0.2) is 53.1 Å². The molecule has 0 saturated carbocycles. The topological polar surface area (TPSA) is 89.1 Å². The van der Waals surface area contributed by atoms with Crippen LogP contribution in [0.25, 0.3) is 11.3 Å². The average Bonchev–Trinajstić information content (AvgIpc) is 3.60. The molecule has 1 amide bonds. The number of hydrogen-bond donors (Lipinski definition) is 1. The Labute approximate surface area is 244 Å². The molecule has 2 aromatic carbocycles. The first-order valence-electron chi connectivity index (χ1n) is 14.0. The molecule has 41 heavy (non-hydrogen) atoms. The molecule has 1 aliphatic rings. The molecule has 0 aliphatic carbocycles. The number of carbonyl (C=O) groups excluding carboxylic acids is 1. The number of nitrogens with one attached hydrogen (secondary N) is 1. The van der Waals surface area contributed by atoms with Gasteiger partial charge in [-0.3, -0.25) is 14.4 Å². The number of likely N-dealkylation sites (tertiary alicyclic amines) is 1. The van der Waals surface area contributed by atoms with Crippen LogP contribution in [0.2, 0.25) is 5.02 Å². The van der Waals surface area contributed by atoms with Crippen LogP contribution in [-0.2, 0) is 12.1 Å². The Hall–Kier alpha value is -3.56. The molecule has 8 nitrogen and oxygen atoms in total. The lowest BCUT2D eigenvalue weighted by Crippen LogP contribution is -2.32. The molecule has 1 fully saturated rings. The summed E-state index contributed by atoms with van der Waals surface area (Å²) in [6, 6.07) is 11.6. The summed E-state index contributed by atoms with van der Waals surface area (Å²) in [4.78, 5) is 15.9. The van der Waals surface area contributed by atoms with E-state index < -0.39 is 0 Å². The van der Waals surface area contributed by atoms with Gasteiger partial charge in [0.25, 0.3) is 5.91 Å². The molecule has 216 valence electrons. The minimum absolute atomic E-state index is 0.218. The van der Waals surface area contributed by atoms with E-state index in [4.69, 9.17) is 16.0 Å². The van der Waals surface area contributed by atoms with Crippen molar-refractivity contribution < 1.29 is 13.6 Å². The number of anilines is 1. The second-order valence-electron chi connectivity index (χ2n) is 11.9. The number of carbonyl (C=O) groups is 1. The maximum absolute atomic E-state index is 13.6. The van der Waals surface area contributed by atoms with Crippen LogP contribution in [-0.4, -0.2) is 43.9 Å². The average molecular weight is 579 g/mol. The Morgan fingerprint density at radius 3 is 2.46 bits per heavy atom. The smallest absolute Gasteiger partial charge is 0.259 e. The van der Waals surface area contributed by atoms with Crippen LogP contribution in [0.3, 0.4) is 0 Å². The molecule has 0 spiro atoms. The van der Waals surface area contributed by atoms with E-state index in [0.29, 0.717) is 40.0 Å². The van der Waals surface area contributed by atoms with E-state index in [1.54, 1.807) is 29.1 Å². The quantitative estimate of drug-likeness (QED) is 0.249. The number of rotatable bonds is 7. The molecule has 0 unspecified atom stereocenters. The highest BCUT2D eigenvalue weighted by Gasteiger charge is 2.27. The van der Waals surface area contributed by atoms with Crippen LogP contribution in [0.1, 0.15) is 87.0 Å². The monoisotopic (exact) mass is 578 g/mol. The van der Waals surface area contributed by atoms with Gasteiger partial charge in [0.2, 0.25) is 11.8 Å². The fourth-order valence-electron chi connectivity index (χ4n) is 5.10. The van der Waals surface area contributed by atoms with Crippen molar-refractivity contribution in [2.24, 2.45) is 0 Å². The van der Waals surface area contributed by atoms with Crippen LogP contribution in [0.4, 0.5) is 10.1 Å². The summed E-state index contributed by atoms with van der Waals surface area (Å²) in [5.41, 5.74) is 2.95. The normalized spacial score (nSPS) is 15.0. The standard InChI is InChI=1S/C31H36ClFN6O2/c1-19(2)29-36-37-30(41-29)21-12-14-38(15-13-21)18-22-16-24(10-11-26(22)32)35-28(40)25-17-34-39(31(3,4)5)27(25)20-6-8-23(33)9-7-20/h6-11,16-17,19,21H,12-15,18H2,1-5H3,(H,35,40). The maximum atomic E-state index is 13.6. The Morgan fingerprint density at radius 1 is 1.12 bits per heavy atom. The van der Waals surface area contributed by atoms with Gasteiger partial charge in [-0.05, 0) is 94.7 Å². The van der Waals surface area contributed by atoms with E-state index in [0.717, 1.165) is 37.4 Å². The highest BCUT2D eigenvalue weighted by Crippen LogP contribution is 2.32. The van der Waals surface area contributed by atoms with E-state index in [1.165, 1.54) is 12.1 Å². The SMILES string of the molecule is CC(C)c1nnc(C2CCN(Cc3cc(NC(=O)c4cnn(C(C)(C)C)c4-c4ccc(F)cc4)ccc3Cl)CC2)o1. The number of amides is 1. The predicted molar refractivity (Wildman–Crippen MR) is 158 cm³/mol. The van der Waals surface area contributed by atoms with Crippen molar-refractivity contribution in [3.05, 3.63) is 82.4 Å². The van der Waals surface area contributed by atoms with Gasteiger partial charge < -0.3 is 9.73 Å². The molecule has 0 bridgehead atoms. The fourth-order valence-corrected chi connectivity index (χ4v) is 5.28. The van der Waals surface area contributed by atoms with Crippen molar-refractivity contribution in [3.8, 4) is 11.3 Å². The molecule has 4 aromatic rings.